The predicted molar refractivity (Wildman–Crippen MR) is 97.6 cm³/mol. The lowest BCUT2D eigenvalue weighted by atomic mass is 10.0. The molecular weight excluding hydrogens is 320 g/mol. The number of amides is 1. The largest absolute Gasteiger partial charge is 0.493 e. The van der Waals surface area contributed by atoms with E-state index in [4.69, 9.17) is 14.2 Å². The predicted octanol–water partition coefficient (Wildman–Crippen LogP) is 1.88. The molecule has 0 unspecified atom stereocenters. The Bertz CT molecular complexity index is 597. The quantitative estimate of drug-likeness (QED) is 0.727. The van der Waals surface area contributed by atoms with Gasteiger partial charge in [-0.15, -0.1) is 6.58 Å². The fourth-order valence-electron chi connectivity index (χ4n) is 3.01. The number of morpholine rings is 1. The number of carbonyl (C=O) groups is 1. The summed E-state index contributed by atoms with van der Waals surface area (Å²) in [6, 6.07) is 3.59. The Kier molecular flexibility index (Phi) is 7.28. The Morgan fingerprint density at radius 3 is 2.68 bits per heavy atom. The normalized spacial score (nSPS) is 16.1. The molecule has 6 nitrogen and oxygen atoms in total. The molecule has 0 saturated carbocycles. The maximum absolute atomic E-state index is 12.6. The number of hydrogen-bond donors (Lipinski definition) is 1. The average Bonchev–Trinajstić information content (AvgIpc) is 2.61. The Morgan fingerprint density at radius 1 is 1.36 bits per heavy atom. The van der Waals surface area contributed by atoms with Crippen LogP contribution < -0.4 is 14.8 Å². The summed E-state index contributed by atoms with van der Waals surface area (Å²) < 4.78 is 16.1. The van der Waals surface area contributed by atoms with Gasteiger partial charge in [-0.25, -0.2) is 0 Å². The van der Waals surface area contributed by atoms with Gasteiger partial charge < -0.3 is 19.5 Å². The van der Waals surface area contributed by atoms with Gasteiger partial charge in [-0.3, -0.25) is 9.69 Å². The second-order valence-electron chi connectivity index (χ2n) is 6.15. The maximum Gasteiger partial charge on any atom is 0.251 e. The molecule has 1 atom stereocenters. The highest BCUT2D eigenvalue weighted by atomic mass is 16.5. The van der Waals surface area contributed by atoms with Crippen molar-refractivity contribution in [3.05, 3.63) is 35.9 Å². The highest BCUT2D eigenvalue weighted by Gasteiger charge is 2.19. The molecule has 1 fully saturated rings. The van der Waals surface area contributed by atoms with Crippen LogP contribution in [0.5, 0.6) is 11.5 Å². The van der Waals surface area contributed by atoms with E-state index in [0.717, 1.165) is 38.4 Å². The van der Waals surface area contributed by atoms with E-state index in [9.17, 15) is 4.79 Å². The molecule has 1 saturated heterocycles. The van der Waals surface area contributed by atoms with Crippen molar-refractivity contribution >= 4 is 5.91 Å². The van der Waals surface area contributed by atoms with Crippen LogP contribution in [0.15, 0.2) is 24.8 Å². The molecule has 0 bridgehead atoms. The molecule has 1 amide bonds. The minimum atomic E-state index is -0.118. The van der Waals surface area contributed by atoms with Crippen molar-refractivity contribution in [2.75, 3.05) is 47.1 Å². The van der Waals surface area contributed by atoms with Gasteiger partial charge >= 0.3 is 0 Å². The van der Waals surface area contributed by atoms with Gasteiger partial charge in [0.15, 0.2) is 11.5 Å². The van der Waals surface area contributed by atoms with Gasteiger partial charge in [-0.05, 0) is 25.5 Å². The summed E-state index contributed by atoms with van der Waals surface area (Å²) in [6.45, 7) is 9.89. The smallest absolute Gasteiger partial charge is 0.251 e. The van der Waals surface area contributed by atoms with Crippen LogP contribution in [-0.2, 0) is 11.2 Å². The fraction of sp³-hybridized carbons (Fsp3) is 0.526. The first-order valence-electron chi connectivity index (χ1n) is 8.55. The number of methoxy groups -OCH3 is 2. The summed E-state index contributed by atoms with van der Waals surface area (Å²) in [4.78, 5) is 14.9. The molecule has 25 heavy (non-hydrogen) atoms. The number of allylic oxidation sites excluding steroid dienone is 1. The van der Waals surface area contributed by atoms with E-state index in [2.05, 4.69) is 16.8 Å². The van der Waals surface area contributed by atoms with E-state index in [-0.39, 0.29) is 11.9 Å². The number of hydrogen-bond acceptors (Lipinski definition) is 5. The first kappa shape index (κ1) is 19.3. The SMILES string of the molecule is C=CCc1cc(C(=O)N[C@@H](C)CN2CCOCC2)cc(OC)c1OC. The van der Waals surface area contributed by atoms with Gasteiger partial charge in [0.05, 0.1) is 27.4 Å². The molecular formula is C19H28N2O4. The minimum Gasteiger partial charge on any atom is -0.493 e. The summed E-state index contributed by atoms with van der Waals surface area (Å²) in [7, 11) is 3.16. The Labute approximate surface area is 149 Å². The fourth-order valence-corrected chi connectivity index (χ4v) is 3.01. The van der Waals surface area contributed by atoms with Crippen molar-refractivity contribution in [2.45, 2.75) is 19.4 Å². The third kappa shape index (κ3) is 5.21. The van der Waals surface area contributed by atoms with E-state index in [1.165, 1.54) is 0 Å². The lowest BCUT2D eigenvalue weighted by molar-refractivity contribution is 0.0342. The van der Waals surface area contributed by atoms with Crippen LogP contribution in [0, 0.1) is 0 Å². The molecule has 2 rings (SSSR count). The zero-order valence-corrected chi connectivity index (χ0v) is 15.3. The zero-order chi connectivity index (χ0) is 18.2. The first-order valence-corrected chi connectivity index (χ1v) is 8.55. The van der Waals surface area contributed by atoms with Crippen molar-refractivity contribution in [3.8, 4) is 11.5 Å². The molecule has 1 heterocycles. The van der Waals surface area contributed by atoms with Gasteiger partial charge in [0.1, 0.15) is 0 Å². The standard InChI is InChI=1S/C19H28N2O4/c1-5-6-15-11-16(12-17(23-3)18(15)24-4)19(22)20-14(2)13-21-7-9-25-10-8-21/h5,11-12,14H,1,6-10,13H2,2-4H3,(H,20,22)/t14-/m0/s1. The van der Waals surface area contributed by atoms with Crippen LogP contribution in [0.25, 0.3) is 0 Å². The maximum atomic E-state index is 12.6. The minimum absolute atomic E-state index is 0.0431. The summed E-state index contributed by atoms with van der Waals surface area (Å²) >= 11 is 0. The van der Waals surface area contributed by atoms with Gasteiger partial charge in [-0.1, -0.05) is 6.08 Å². The second kappa shape index (κ2) is 9.44. The average molecular weight is 348 g/mol. The lowest BCUT2D eigenvalue weighted by Crippen LogP contribution is -2.46. The van der Waals surface area contributed by atoms with Crippen LogP contribution >= 0.6 is 0 Å². The van der Waals surface area contributed by atoms with Gasteiger partial charge in [-0.2, -0.15) is 0 Å². The van der Waals surface area contributed by atoms with Gasteiger partial charge in [0.25, 0.3) is 5.91 Å². The van der Waals surface area contributed by atoms with Crippen LogP contribution in [0.4, 0.5) is 0 Å². The number of nitrogens with zero attached hydrogens (tertiary/aromatic N) is 1. The molecule has 1 aliphatic heterocycles. The van der Waals surface area contributed by atoms with E-state index in [1.807, 2.05) is 13.0 Å². The summed E-state index contributed by atoms with van der Waals surface area (Å²) in [5, 5.41) is 3.06. The molecule has 138 valence electrons. The molecule has 6 heteroatoms. The molecule has 1 aromatic carbocycles. The lowest BCUT2D eigenvalue weighted by Gasteiger charge is -2.29. The summed E-state index contributed by atoms with van der Waals surface area (Å²) in [5.74, 6) is 1.07. The van der Waals surface area contributed by atoms with E-state index < -0.39 is 0 Å². The Hall–Kier alpha value is -2.05. The monoisotopic (exact) mass is 348 g/mol. The van der Waals surface area contributed by atoms with Crippen molar-refractivity contribution in [1.29, 1.82) is 0 Å². The molecule has 1 aliphatic rings. The second-order valence-corrected chi connectivity index (χ2v) is 6.15. The summed E-state index contributed by atoms with van der Waals surface area (Å²) in [6.07, 6.45) is 2.38. The van der Waals surface area contributed by atoms with E-state index >= 15 is 0 Å². The van der Waals surface area contributed by atoms with Gasteiger partial charge in [0.2, 0.25) is 0 Å². The Morgan fingerprint density at radius 2 is 2.08 bits per heavy atom. The number of rotatable bonds is 8. The van der Waals surface area contributed by atoms with Crippen molar-refractivity contribution < 1.29 is 19.0 Å². The highest BCUT2D eigenvalue weighted by molar-refractivity contribution is 5.95. The van der Waals surface area contributed by atoms with Crippen molar-refractivity contribution in [3.63, 3.8) is 0 Å². The third-order valence-electron chi connectivity index (χ3n) is 4.20. The topological polar surface area (TPSA) is 60.0 Å². The van der Waals surface area contributed by atoms with E-state index in [1.54, 1.807) is 26.4 Å². The molecule has 0 spiro atoms. The van der Waals surface area contributed by atoms with Gasteiger partial charge in [0, 0.05) is 36.8 Å². The molecule has 1 N–H and O–H groups in total. The van der Waals surface area contributed by atoms with Crippen molar-refractivity contribution in [2.24, 2.45) is 0 Å². The van der Waals surface area contributed by atoms with Crippen LogP contribution in [-0.4, -0.2) is 63.9 Å². The first-order chi connectivity index (χ1) is 12.1. The Balaban J connectivity index is 2.09. The number of carbonyl (C=O) groups excluding carboxylic acids is 1. The number of ether oxygens (including phenoxy) is 3. The van der Waals surface area contributed by atoms with Crippen molar-refractivity contribution in [1.82, 2.24) is 10.2 Å². The highest BCUT2D eigenvalue weighted by Crippen LogP contribution is 2.33. The third-order valence-corrected chi connectivity index (χ3v) is 4.20. The van der Waals surface area contributed by atoms with Crippen LogP contribution in [0.3, 0.4) is 0 Å². The van der Waals surface area contributed by atoms with Crippen LogP contribution in [0.2, 0.25) is 0 Å². The van der Waals surface area contributed by atoms with E-state index in [0.29, 0.717) is 23.5 Å². The zero-order valence-electron chi connectivity index (χ0n) is 15.3. The van der Waals surface area contributed by atoms with Crippen LogP contribution in [0.1, 0.15) is 22.8 Å². The molecule has 0 aliphatic carbocycles. The molecule has 0 aromatic heterocycles. The number of benzene rings is 1. The summed E-state index contributed by atoms with van der Waals surface area (Å²) in [5.41, 5.74) is 1.44. The number of nitrogens with one attached hydrogen (secondary N) is 1. The molecule has 1 aromatic rings. The molecule has 0 radical (unpaired) electrons.